The van der Waals surface area contributed by atoms with Gasteiger partial charge in [-0.3, -0.25) is 0 Å². The largest absolute Gasteiger partial charge is 0.310 e. The fourth-order valence-corrected chi connectivity index (χ4v) is 10.9. The highest BCUT2D eigenvalue weighted by atomic mass is 15.1. The molecule has 0 radical (unpaired) electrons. The lowest BCUT2D eigenvalue weighted by molar-refractivity contribution is 1.29. The van der Waals surface area contributed by atoms with Gasteiger partial charge in [0.05, 0.1) is 0 Å². The van der Waals surface area contributed by atoms with Crippen LogP contribution in [0.5, 0.6) is 0 Å². The fourth-order valence-electron chi connectivity index (χ4n) is 10.9. The van der Waals surface area contributed by atoms with Gasteiger partial charge in [0.1, 0.15) is 0 Å². The zero-order valence-corrected chi connectivity index (χ0v) is 41.9. The molecule has 0 amide bonds. The van der Waals surface area contributed by atoms with Crippen LogP contribution in [0.1, 0.15) is 0 Å². The zero-order chi connectivity index (χ0) is 50.6. The first kappa shape index (κ1) is 45.8. The smallest absolute Gasteiger partial charge is 0.0468 e. The molecule has 2 heteroatoms. The monoisotopic (exact) mass is 968 g/mol. The second-order valence-electron chi connectivity index (χ2n) is 19.3. The Hall–Kier alpha value is -10.0. The predicted molar refractivity (Wildman–Crippen MR) is 323 cm³/mol. The SMILES string of the molecule is c1ccc(-c2ccc(N(c3ccc(-c4ccccc4)cc3)c3ccc4c(-c5ccccc5)c5cc(N(c6ccc(-c7ccccc7)cc6)c6ccc(-c7ccccc7)cc6)ccc5c(-c5ccccc5)c4c3)cc2)cc1. The molecule has 0 bridgehead atoms. The Morgan fingerprint density at radius 2 is 0.342 bits per heavy atom. The Kier molecular flexibility index (Phi) is 12.3. The van der Waals surface area contributed by atoms with E-state index in [1.165, 1.54) is 77.2 Å². The summed E-state index contributed by atoms with van der Waals surface area (Å²) < 4.78 is 0. The first-order chi connectivity index (χ1) is 37.7. The van der Waals surface area contributed by atoms with E-state index in [0.29, 0.717) is 0 Å². The molecular weight excluding hydrogens is 917 g/mol. The van der Waals surface area contributed by atoms with Gasteiger partial charge in [-0.25, -0.2) is 0 Å². The third-order valence-corrected chi connectivity index (χ3v) is 14.7. The molecule has 0 unspecified atom stereocenters. The molecule has 0 aliphatic carbocycles. The van der Waals surface area contributed by atoms with Crippen LogP contribution in [0.15, 0.2) is 315 Å². The van der Waals surface area contributed by atoms with Crippen molar-refractivity contribution in [3.05, 3.63) is 315 Å². The zero-order valence-electron chi connectivity index (χ0n) is 41.9. The average molecular weight is 969 g/mol. The summed E-state index contributed by atoms with van der Waals surface area (Å²) in [6.07, 6.45) is 0. The minimum atomic E-state index is 1.07. The first-order valence-electron chi connectivity index (χ1n) is 26.1. The van der Waals surface area contributed by atoms with Gasteiger partial charge in [-0.1, -0.05) is 243 Å². The van der Waals surface area contributed by atoms with Crippen LogP contribution in [0, 0.1) is 0 Å². The van der Waals surface area contributed by atoms with Gasteiger partial charge in [0.2, 0.25) is 0 Å². The highest BCUT2D eigenvalue weighted by Crippen LogP contribution is 2.49. The number of hydrogen-bond donors (Lipinski definition) is 0. The van der Waals surface area contributed by atoms with Crippen molar-refractivity contribution in [2.24, 2.45) is 0 Å². The molecule has 0 fully saturated rings. The van der Waals surface area contributed by atoms with Crippen molar-refractivity contribution in [1.29, 1.82) is 0 Å². The Morgan fingerprint density at radius 3 is 0.579 bits per heavy atom. The average Bonchev–Trinajstić information content (AvgIpc) is 3.55. The summed E-state index contributed by atoms with van der Waals surface area (Å²) in [5.41, 5.74) is 20.7. The minimum Gasteiger partial charge on any atom is -0.310 e. The molecule has 76 heavy (non-hydrogen) atoms. The molecule has 0 heterocycles. The van der Waals surface area contributed by atoms with Crippen molar-refractivity contribution in [2.45, 2.75) is 0 Å². The van der Waals surface area contributed by atoms with E-state index in [9.17, 15) is 0 Å². The second kappa shape index (κ2) is 20.5. The summed E-state index contributed by atoms with van der Waals surface area (Å²) in [7, 11) is 0. The van der Waals surface area contributed by atoms with Crippen molar-refractivity contribution in [1.82, 2.24) is 0 Å². The lowest BCUT2D eigenvalue weighted by Gasteiger charge is -2.28. The Balaban J connectivity index is 1.02. The van der Waals surface area contributed by atoms with Crippen LogP contribution >= 0.6 is 0 Å². The molecule has 0 aliphatic heterocycles. The van der Waals surface area contributed by atoms with Crippen molar-refractivity contribution >= 4 is 55.7 Å². The van der Waals surface area contributed by atoms with E-state index in [0.717, 1.165) is 45.3 Å². The predicted octanol–water partition coefficient (Wildman–Crippen LogP) is 20.9. The van der Waals surface area contributed by atoms with E-state index in [-0.39, 0.29) is 0 Å². The maximum absolute atomic E-state index is 2.42. The number of fused-ring (bicyclic) bond motifs is 2. The van der Waals surface area contributed by atoms with Crippen molar-refractivity contribution in [3.63, 3.8) is 0 Å². The number of benzene rings is 13. The molecule has 0 spiro atoms. The fraction of sp³-hybridized carbons (Fsp3) is 0. The maximum Gasteiger partial charge on any atom is 0.0468 e. The summed E-state index contributed by atoms with van der Waals surface area (Å²) in [6.45, 7) is 0. The number of nitrogens with zero attached hydrogens (tertiary/aromatic N) is 2. The normalized spacial score (nSPS) is 11.2. The Labute approximate surface area is 445 Å². The molecule has 0 aromatic heterocycles. The third-order valence-electron chi connectivity index (χ3n) is 14.7. The summed E-state index contributed by atoms with van der Waals surface area (Å²) in [4.78, 5) is 4.80. The highest BCUT2D eigenvalue weighted by Gasteiger charge is 2.23. The summed E-state index contributed by atoms with van der Waals surface area (Å²) in [5.74, 6) is 0. The molecule has 0 N–H and O–H groups in total. The minimum absolute atomic E-state index is 1.07. The van der Waals surface area contributed by atoms with Crippen LogP contribution in [-0.2, 0) is 0 Å². The van der Waals surface area contributed by atoms with Gasteiger partial charge in [-0.2, -0.15) is 0 Å². The van der Waals surface area contributed by atoms with Crippen LogP contribution in [-0.4, -0.2) is 0 Å². The van der Waals surface area contributed by atoms with Gasteiger partial charge >= 0.3 is 0 Å². The van der Waals surface area contributed by atoms with Crippen molar-refractivity contribution in [3.8, 4) is 66.8 Å². The Morgan fingerprint density at radius 1 is 0.145 bits per heavy atom. The van der Waals surface area contributed by atoms with Crippen LogP contribution in [0.2, 0.25) is 0 Å². The molecule has 2 nitrogen and oxygen atoms in total. The lowest BCUT2D eigenvalue weighted by Crippen LogP contribution is -2.10. The molecule has 0 aliphatic rings. The number of rotatable bonds is 12. The van der Waals surface area contributed by atoms with Crippen molar-refractivity contribution in [2.75, 3.05) is 9.80 Å². The standard InChI is InChI=1S/C74H52N2/c1-7-19-53(20-8-1)57-31-39-63(40-32-57)75(64-41-33-58(34-42-64)54-21-9-2-10-22-54)67-47-49-69-71(51-67)73(61-27-15-5-16-28-61)70-50-48-68(52-72(70)74(69)62-29-17-6-18-30-62)76(65-43-35-59(36-44-65)55-23-11-3-12-24-55)66-45-37-60(38-46-66)56-25-13-4-14-26-56/h1-52H. The van der Waals surface area contributed by atoms with E-state index in [4.69, 9.17) is 0 Å². The van der Waals surface area contributed by atoms with Gasteiger partial charge in [0.25, 0.3) is 0 Å². The highest BCUT2D eigenvalue weighted by molar-refractivity contribution is 6.22. The number of anilines is 6. The van der Waals surface area contributed by atoms with Gasteiger partial charge in [0, 0.05) is 34.1 Å². The van der Waals surface area contributed by atoms with Crippen molar-refractivity contribution < 1.29 is 0 Å². The van der Waals surface area contributed by atoms with Crippen LogP contribution in [0.3, 0.4) is 0 Å². The van der Waals surface area contributed by atoms with Crippen LogP contribution in [0.4, 0.5) is 34.1 Å². The van der Waals surface area contributed by atoms with Gasteiger partial charge < -0.3 is 9.80 Å². The molecular formula is C74H52N2. The second-order valence-corrected chi connectivity index (χ2v) is 19.3. The van der Waals surface area contributed by atoms with Gasteiger partial charge in [-0.05, 0) is 161 Å². The molecule has 13 aromatic rings. The lowest BCUT2D eigenvalue weighted by atomic mass is 9.85. The van der Waals surface area contributed by atoms with Crippen LogP contribution in [0.25, 0.3) is 88.3 Å². The van der Waals surface area contributed by atoms with E-state index in [1.54, 1.807) is 0 Å². The summed E-state index contributed by atoms with van der Waals surface area (Å²) in [5, 5.41) is 4.73. The van der Waals surface area contributed by atoms with E-state index in [1.807, 2.05) is 0 Å². The first-order valence-corrected chi connectivity index (χ1v) is 26.1. The van der Waals surface area contributed by atoms with Gasteiger partial charge in [-0.15, -0.1) is 0 Å². The van der Waals surface area contributed by atoms with E-state index >= 15 is 0 Å². The van der Waals surface area contributed by atoms with E-state index < -0.39 is 0 Å². The van der Waals surface area contributed by atoms with Crippen LogP contribution < -0.4 is 9.80 Å². The molecule has 0 saturated heterocycles. The molecule has 0 saturated carbocycles. The topological polar surface area (TPSA) is 6.48 Å². The maximum atomic E-state index is 2.42. The van der Waals surface area contributed by atoms with E-state index in [2.05, 4.69) is 325 Å². The molecule has 13 rings (SSSR count). The van der Waals surface area contributed by atoms with Gasteiger partial charge in [0.15, 0.2) is 0 Å². The quantitative estimate of drug-likeness (QED) is 0.113. The Bertz CT molecular complexity index is 3630. The molecule has 0 atom stereocenters. The third kappa shape index (κ3) is 8.99. The number of hydrogen-bond acceptors (Lipinski definition) is 2. The molecule has 358 valence electrons. The summed E-state index contributed by atoms with van der Waals surface area (Å²) in [6, 6.07) is 114. The summed E-state index contributed by atoms with van der Waals surface area (Å²) >= 11 is 0. The molecule has 13 aromatic carbocycles.